The van der Waals surface area contributed by atoms with Crippen molar-refractivity contribution in [3.63, 3.8) is 0 Å². The molecule has 0 saturated heterocycles. The predicted molar refractivity (Wildman–Crippen MR) is 91.4 cm³/mol. The zero-order chi connectivity index (χ0) is 18.5. The molecule has 24 heavy (non-hydrogen) atoms. The van der Waals surface area contributed by atoms with E-state index in [0.717, 1.165) is 5.56 Å². The van der Waals surface area contributed by atoms with Crippen molar-refractivity contribution >= 4 is 33.6 Å². The second-order valence-corrected chi connectivity index (χ2v) is 6.55. The minimum atomic E-state index is -3.67. The first-order chi connectivity index (χ1) is 11.0. The number of hydrogen-bond donors (Lipinski definition) is 4. The van der Waals surface area contributed by atoms with Gasteiger partial charge in [-0.2, -0.15) is 13.4 Å². The van der Waals surface area contributed by atoms with Crippen LogP contribution >= 0.6 is 11.6 Å². The number of imidazole rings is 1. The highest BCUT2D eigenvalue weighted by atomic mass is 35.5. The van der Waals surface area contributed by atoms with Crippen molar-refractivity contribution in [3.8, 4) is 11.4 Å². The number of carbonyl (C=O) groups is 1. The van der Waals surface area contributed by atoms with E-state index in [1.807, 2.05) is 6.07 Å². The van der Waals surface area contributed by atoms with E-state index >= 15 is 0 Å². The summed E-state index contributed by atoms with van der Waals surface area (Å²) in [6.45, 7) is 1.72. The van der Waals surface area contributed by atoms with Crippen LogP contribution in [0.4, 0.5) is 0 Å². The molecule has 0 saturated carbocycles. The van der Waals surface area contributed by atoms with Crippen molar-refractivity contribution < 1.29 is 17.8 Å². The van der Waals surface area contributed by atoms with Crippen molar-refractivity contribution in [2.75, 3.05) is 6.26 Å². The third-order valence-corrected chi connectivity index (χ3v) is 2.65. The summed E-state index contributed by atoms with van der Waals surface area (Å²) < 4.78 is 25.9. The fraction of sp³-hybridized carbons (Fsp3) is 0.154. The molecule has 0 radical (unpaired) electrons. The van der Waals surface area contributed by atoms with Crippen molar-refractivity contribution in [1.82, 2.24) is 9.97 Å². The molecule has 130 valence electrons. The van der Waals surface area contributed by atoms with Gasteiger partial charge in [-0.25, -0.2) is 4.98 Å². The molecular weight excluding hydrogens is 358 g/mol. The molecule has 0 fully saturated rings. The number of aliphatic imine (C=N–C) groups is 1. The Labute approximate surface area is 143 Å². The van der Waals surface area contributed by atoms with Crippen LogP contribution in [0.1, 0.15) is 16.2 Å². The number of amides is 1. The highest BCUT2D eigenvalue weighted by molar-refractivity contribution is 7.85. The van der Waals surface area contributed by atoms with E-state index in [9.17, 15) is 13.2 Å². The average molecular weight is 374 g/mol. The lowest BCUT2D eigenvalue weighted by Crippen LogP contribution is -2.24. The lowest BCUT2D eigenvalue weighted by molar-refractivity contribution is 0.0998. The standard InChI is InChI=1S/C12H12ClN5O.CH4O3S/c1-6-9(11(19)18-12(14)15)17-10(16-6)7-3-2-4-8(13)5-7;1-5(2,3)4/h2-5H,1H3,(H,16,17)(H4,14,15,18,19);1H3,(H,2,3,4). The summed E-state index contributed by atoms with van der Waals surface area (Å²) in [5.41, 5.74) is 11.9. The maximum absolute atomic E-state index is 11.7. The third kappa shape index (κ3) is 6.77. The second-order valence-electron chi connectivity index (χ2n) is 4.64. The fourth-order valence-corrected chi connectivity index (χ4v) is 1.80. The van der Waals surface area contributed by atoms with Crippen LogP contribution in [-0.2, 0) is 10.1 Å². The number of rotatable bonds is 2. The van der Waals surface area contributed by atoms with Crippen molar-refractivity contribution in [2.24, 2.45) is 16.5 Å². The van der Waals surface area contributed by atoms with Crippen LogP contribution in [0, 0.1) is 6.92 Å². The summed E-state index contributed by atoms with van der Waals surface area (Å²) in [6.07, 6.45) is 0.715. The van der Waals surface area contributed by atoms with E-state index < -0.39 is 16.0 Å². The molecule has 0 bridgehead atoms. The Hall–Kier alpha value is -2.43. The van der Waals surface area contributed by atoms with Gasteiger partial charge in [-0.3, -0.25) is 9.35 Å². The monoisotopic (exact) mass is 373 g/mol. The van der Waals surface area contributed by atoms with Gasteiger partial charge in [0.1, 0.15) is 5.82 Å². The fourth-order valence-electron chi connectivity index (χ4n) is 1.61. The molecule has 2 aromatic rings. The van der Waals surface area contributed by atoms with Gasteiger partial charge >= 0.3 is 5.91 Å². The average Bonchev–Trinajstić information content (AvgIpc) is 2.78. The van der Waals surface area contributed by atoms with Crippen LogP contribution in [0.5, 0.6) is 0 Å². The molecule has 0 unspecified atom stereocenters. The van der Waals surface area contributed by atoms with Gasteiger partial charge in [-0.1, -0.05) is 23.7 Å². The Morgan fingerprint density at radius 2 is 1.96 bits per heavy atom. The SMILES string of the molecule is CS(=O)(=O)O.Cc1[nH]c(-c2cccc(Cl)c2)nc1C(=O)N=C(N)N. The number of carbonyl (C=O) groups excluding carboxylic acids is 1. The summed E-state index contributed by atoms with van der Waals surface area (Å²) in [5.74, 6) is -0.340. The second kappa shape index (κ2) is 7.90. The molecule has 0 aliphatic rings. The van der Waals surface area contributed by atoms with Crippen LogP contribution < -0.4 is 11.5 Å². The number of hydrogen-bond acceptors (Lipinski definition) is 4. The molecular formula is C13H16ClN5O4S. The van der Waals surface area contributed by atoms with Gasteiger partial charge in [-0.15, -0.1) is 0 Å². The Morgan fingerprint density at radius 3 is 2.46 bits per heavy atom. The topological polar surface area (TPSA) is 165 Å². The smallest absolute Gasteiger partial charge is 0.300 e. The maximum Gasteiger partial charge on any atom is 0.300 e. The minimum absolute atomic E-state index is 0.184. The number of nitrogens with one attached hydrogen (secondary N) is 1. The van der Waals surface area contributed by atoms with E-state index in [2.05, 4.69) is 15.0 Å². The number of nitrogens with zero attached hydrogens (tertiary/aromatic N) is 2. The molecule has 1 amide bonds. The van der Waals surface area contributed by atoms with E-state index in [-0.39, 0.29) is 11.7 Å². The van der Waals surface area contributed by atoms with E-state index in [1.54, 1.807) is 25.1 Å². The van der Waals surface area contributed by atoms with Crippen LogP contribution in [0.3, 0.4) is 0 Å². The van der Waals surface area contributed by atoms with Crippen LogP contribution in [0.15, 0.2) is 29.3 Å². The lowest BCUT2D eigenvalue weighted by atomic mass is 10.2. The molecule has 0 spiro atoms. The van der Waals surface area contributed by atoms with Crippen LogP contribution in [0.2, 0.25) is 5.02 Å². The Kier molecular flexibility index (Phi) is 6.46. The number of nitrogens with two attached hydrogens (primary N) is 2. The van der Waals surface area contributed by atoms with E-state index in [1.165, 1.54) is 0 Å². The predicted octanol–water partition coefficient (Wildman–Crippen LogP) is 0.956. The number of guanidine groups is 1. The summed E-state index contributed by atoms with van der Waals surface area (Å²) in [7, 11) is -3.67. The summed E-state index contributed by atoms with van der Waals surface area (Å²) in [5, 5.41) is 0.587. The molecule has 11 heteroatoms. The highest BCUT2D eigenvalue weighted by Gasteiger charge is 2.15. The van der Waals surface area contributed by atoms with Crippen molar-refractivity contribution in [1.29, 1.82) is 0 Å². The highest BCUT2D eigenvalue weighted by Crippen LogP contribution is 2.21. The van der Waals surface area contributed by atoms with Gasteiger partial charge in [0, 0.05) is 16.3 Å². The normalized spacial score (nSPS) is 10.5. The molecule has 2 rings (SSSR count). The molecule has 0 aliphatic carbocycles. The zero-order valence-electron chi connectivity index (χ0n) is 12.8. The van der Waals surface area contributed by atoms with Gasteiger partial charge in [0.05, 0.1) is 6.26 Å². The molecule has 1 aromatic carbocycles. The molecule has 1 heterocycles. The Bertz CT molecular complexity index is 864. The van der Waals surface area contributed by atoms with Crippen molar-refractivity contribution in [3.05, 3.63) is 40.7 Å². The quantitative estimate of drug-likeness (QED) is 0.345. The summed E-state index contributed by atoms with van der Waals surface area (Å²) in [4.78, 5) is 22.4. The number of H-pyrrole nitrogens is 1. The number of aromatic nitrogens is 2. The molecule has 1 aromatic heterocycles. The third-order valence-electron chi connectivity index (χ3n) is 2.42. The van der Waals surface area contributed by atoms with Gasteiger partial charge in [0.25, 0.3) is 10.1 Å². The Balaban J connectivity index is 0.000000505. The maximum atomic E-state index is 11.7. The van der Waals surface area contributed by atoms with Crippen molar-refractivity contribution in [2.45, 2.75) is 6.92 Å². The first kappa shape index (κ1) is 19.6. The number of aromatic amines is 1. The molecule has 9 nitrogen and oxygen atoms in total. The van der Waals surface area contributed by atoms with E-state index in [0.29, 0.717) is 22.8 Å². The first-order valence-corrected chi connectivity index (χ1v) is 8.59. The van der Waals surface area contributed by atoms with Gasteiger partial charge in [0.15, 0.2) is 11.7 Å². The number of halogens is 1. The number of aryl methyl sites for hydroxylation is 1. The Morgan fingerprint density at radius 1 is 1.38 bits per heavy atom. The van der Waals surface area contributed by atoms with E-state index in [4.69, 9.17) is 27.6 Å². The molecule has 0 aliphatic heterocycles. The zero-order valence-corrected chi connectivity index (χ0v) is 14.4. The largest absolute Gasteiger partial charge is 0.370 e. The molecule has 6 N–H and O–H groups in total. The summed E-state index contributed by atoms with van der Waals surface area (Å²) >= 11 is 5.91. The summed E-state index contributed by atoms with van der Waals surface area (Å²) in [6, 6.07) is 7.13. The van der Waals surface area contributed by atoms with Gasteiger partial charge in [-0.05, 0) is 19.1 Å². The molecule has 0 atom stereocenters. The van der Waals surface area contributed by atoms with Crippen LogP contribution in [0.25, 0.3) is 11.4 Å². The van der Waals surface area contributed by atoms with Gasteiger partial charge < -0.3 is 16.5 Å². The number of benzene rings is 1. The minimum Gasteiger partial charge on any atom is -0.370 e. The van der Waals surface area contributed by atoms with Gasteiger partial charge in [0.2, 0.25) is 0 Å². The lowest BCUT2D eigenvalue weighted by Gasteiger charge is -1.96. The van der Waals surface area contributed by atoms with Crippen LogP contribution in [-0.4, -0.2) is 41.1 Å². The first-order valence-electron chi connectivity index (χ1n) is 6.36.